The maximum Gasteiger partial charge on any atom is 0.251 e. The van der Waals surface area contributed by atoms with Gasteiger partial charge in [0.05, 0.1) is 30.0 Å². The number of likely N-dealkylation sites (N-methyl/N-ethyl adjacent to an activating group) is 1. The van der Waals surface area contributed by atoms with Crippen LogP contribution in [0.3, 0.4) is 0 Å². The molecule has 2 heterocycles. The lowest BCUT2D eigenvalue weighted by Gasteiger charge is -2.22. The molecule has 9 heteroatoms. The molecule has 1 atom stereocenters. The van der Waals surface area contributed by atoms with Crippen LogP contribution in [-0.2, 0) is 16.6 Å². The molecule has 0 saturated heterocycles. The Morgan fingerprint density at radius 2 is 1.72 bits per heavy atom. The number of nitrogens with zero attached hydrogens (tertiary/aromatic N) is 1. The lowest BCUT2D eigenvalue weighted by Crippen LogP contribution is -2.34. The zero-order valence-corrected chi connectivity index (χ0v) is 17.0. The first-order valence-electron chi connectivity index (χ1n) is 8.97. The summed E-state index contributed by atoms with van der Waals surface area (Å²) in [6, 6.07) is 12.7. The van der Waals surface area contributed by atoms with Crippen LogP contribution in [0.4, 0.5) is 0 Å². The standard InChI is InChI=1S/C20H23N3O5S/c1-23(2)18(19-6-4-12-28-19)14-21-20(24)15-7-9-17(10-8-15)29(25,26)22-13-16-5-3-11-27-16/h3-12,18,22H,13-14H2,1-2H3,(H,21,24)/t18-/m0/s1. The van der Waals surface area contributed by atoms with Gasteiger partial charge in [-0.05, 0) is 62.6 Å². The first-order valence-corrected chi connectivity index (χ1v) is 10.5. The molecular weight excluding hydrogens is 394 g/mol. The number of rotatable bonds is 9. The van der Waals surface area contributed by atoms with Gasteiger partial charge < -0.3 is 14.2 Å². The number of hydrogen-bond acceptors (Lipinski definition) is 6. The molecule has 29 heavy (non-hydrogen) atoms. The maximum atomic E-state index is 12.4. The minimum absolute atomic E-state index is 0.0519. The first-order chi connectivity index (χ1) is 13.9. The molecule has 1 amide bonds. The van der Waals surface area contributed by atoms with E-state index in [4.69, 9.17) is 8.83 Å². The van der Waals surface area contributed by atoms with Crippen LogP contribution in [0.1, 0.15) is 27.9 Å². The van der Waals surface area contributed by atoms with E-state index in [0.717, 1.165) is 5.76 Å². The molecule has 2 aromatic heterocycles. The van der Waals surface area contributed by atoms with E-state index >= 15 is 0 Å². The monoisotopic (exact) mass is 417 g/mol. The molecule has 0 unspecified atom stereocenters. The van der Waals surface area contributed by atoms with Crippen molar-refractivity contribution in [2.45, 2.75) is 17.5 Å². The number of carbonyl (C=O) groups is 1. The molecule has 0 saturated carbocycles. The van der Waals surface area contributed by atoms with E-state index in [1.807, 2.05) is 25.1 Å². The molecule has 154 valence electrons. The number of sulfonamides is 1. The molecule has 0 aliphatic heterocycles. The summed E-state index contributed by atoms with van der Waals surface area (Å²) < 4.78 is 37.7. The Morgan fingerprint density at radius 1 is 1.03 bits per heavy atom. The van der Waals surface area contributed by atoms with E-state index in [0.29, 0.717) is 17.9 Å². The predicted molar refractivity (Wildman–Crippen MR) is 107 cm³/mol. The molecule has 3 rings (SSSR count). The van der Waals surface area contributed by atoms with Crippen molar-refractivity contribution in [1.29, 1.82) is 0 Å². The van der Waals surface area contributed by atoms with Gasteiger partial charge in [-0.1, -0.05) is 0 Å². The van der Waals surface area contributed by atoms with Gasteiger partial charge in [0.15, 0.2) is 0 Å². The Bertz CT molecular complexity index is 1010. The Hall–Kier alpha value is -2.88. The minimum atomic E-state index is -3.71. The average Bonchev–Trinajstić information content (AvgIpc) is 3.40. The fraction of sp³-hybridized carbons (Fsp3) is 0.250. The Morgan fingerprint density at radius 3 is 2.31 bits per heavy atom. The van der Waals surface area contributed by atoms with Crippen LogP contribution in [0.25, 0.3) is 0 Å². The highest BCUT2D eigenvalue weighted by Gasteiger charge is 2.19. The Kier molecular flexibility index (Phi) is 6.53. The highest BCUT2D eigenvalue weighted by atomic mass is 32.2. The quantitative estimate of drug-likeness (QED) is 0.554. The summed E-state index contributed by atoms with van der Waals surface area (Å²) in [5.74, 6) is 0.965. The molecule has 0 fully saturated rings. The summed E-state index contributed by atoms with van der Waals surface area (Å²) in [7, 11) is 0.0889. The van der Waals surface area contributed by atoms with Crippen LogP contribution in [-0.4, -0.2) is 39.9 Å². The van der Waals surface area contributed by atoms with Crippen LogP contribution in [0.15, 0.2) is 74.8 Å². The van der Waals surface area contributed by atoms with Crippen LogP contribution in [0.5, 0.6) is 0 Å². The highest BCUT2D eigenvalue weighted by Crippen LogP contribution is 2.18. The second-order valence-electron chi connectivity index (χ2n) is 6.63. The third-order valence-electron chi connectivity index (χ3n) is 4.39. The van der Waals surface area contributed by atoms with E-state index in [1.54, 1.807) is 24.5 Å². The topological polar surface area (TPSA) is 105 Å². The molecule has 0 aliphatic rings. The molecule has 3 aromatic rings. The van der Waals surface area contributed by atoms with Crippen molar-refractivity contribution in [2.24, 2.45) is 0 Å². The summed E-state index contributed by atoms with van der Waals surface area (Å²) in [6.45, 7) is 0.403. The van der Waals surface area contributed by atoms with E-state index in [1.165, 1.54) is 30.5 Å². The number of benzene rings is 1. The second kappa shape index (κ2) is 9.08. The number of carbonyl (C=O) groups excluding carboxylic acids is 1. The number of nitrogens with one attached hydrogen (secondary N) is 2. The third kappa shape index (κ3) is 5.35. The molecular formula is C20H23N3O5S. The zero-order chi connectivity index (χ0) is 20.9. The smallest absolute Gasteiger partial charge is 0.251 e. The molecule has 8 nitrogen and oxygen atoms in total. The van der Waals surface area contributed by atoms with E-state index in [2.05, 4.69) is 10.0 Å². The Balaban J connectivity index is 1.60. The second-order valence-corrected chi connectivity index (χ2v) is 8.40. The van der Waals surface area contributed by atoms with Crippen LogP contribution in [0, 0.1) is 0 Å². The number of furan rings is 2. The molecule has 1 aromatic carbocycles. The summed E-state index contributed by atoms with van der Waals surface area (Å²) in [5, 5.41) is 2.85. The Labute approximate surface area is 169 Å². The minimum Gasteiger partial charge on any atom is -0.468 e. The molecule has 0 aliphatic carbocycles. The van der Waals surface area contributed by atoms with Gasteiger partial charge in [0.2, 0.25) is 10.0 Å². The summed E-state index contributed by atoms with van der Waals surface area (Å²) in [6.07, 6.45) is 3.07. The van der Waals surface area contributed by atoms with E-state index in [9.17, 15) is 13.2 Å². The first kappa shape index (κ1) is 20.8. The van der Waals surface area contributed by atoms with Crippen molar-refractivity contribution in [3.8, 4) is 0 Å². The number of amides is 1. The van der Waals surface area contributed by atoms with Gasteiger partial charge >= 0.3 is 0 Å². The summed E-state index contributed by atoms with van der Waals surface area (Å²) in [5.41, 5.74) is 0.368. The van der Waals surface area contributed by atoms with Crippen LogP contribution >= 0.6 is 0 Å². The summed E-state index contributed by atoms with van der Waals surface area (Å²) in [4.78, 5) is 14.5. The van der Waals surface area contributed by atoms with E-state index < -0.39 is 10.0 Å². The van der Waals surface area contributed by atoms with Gasteiger partial charge in [-0.15, -0.1) is 0 Å². The van der Waals surface area contributed by atoms with Crippen molar-refractivity contribution in [2.75, 3.05) is 20.6 Å². The normalized spacial score (nSPS) is 12.8. The van der Waals surface area contributed by atoms with Crippen molar-refractivity contribution >= 4 is 15.9 Å². The molecule has 0 spiro atoms. The van der Waals surface area contributed by atoms with Crippen molar-refractivity contribution in [3.63, 3.8) is 0 Å². The van der Waals surface area contributed by atoms with Crippen molar-refractivity contribution in [3.05, 3.63) is 78.1 Å². The maximum absolute atomic E-state index is 12.4. The fourth-order valence-electron chi connectivity index (χ4n) is 2.76. The van der Waals surface area contributed by atoms with Crippen LogP contribution in [0.2, 0.25) is 0 Å². The molecule has 0 bridgehead atoms. The zero-order valence-electron chi connectivity index (χ0n) is 16.2. The molecule has 0 radical (unpaired) electrons. The van der Waals surface area contributed by atoms with Gasteiger partial charge in [0.1, 0.15) is 11.5 Å². The van der Waals surface area contributed by atoms with Crippen LogP contribution < -0.4 is 10.0 Å². The highest BCUT2D eigenvalue weighted by molar-refractivity contribution is 7.89. The third-order valence-corrected chi connectivity index (χ3v) is 5.81. The van der Waals surface area contributed by atoms with Gasteiger partial charge in [0.25, 0.3) is 5.91 Å². The summed E-state index contributed by atoms with van der Waals surface area (Å²) >= 11 is 0. The van der Waals surface area contributed by atoms with E-state index in [-0.39, 0.29) is 23.4 Å². The van der Waals surface area contributed by atoms with Crippen molar-refractivity contribution < 1.29 is 22.0 Å². The average molecular weight is 417 g/mol. The van der Waals surface area contributed by atoms with Gasteiger partial charge in [-0.3, -0.25) is 9.69 Å². The van der Waals surface area contributed by atoms with Gasteiger partial charge in [-0.25, -0.2) is 13.1 Å². The fourth-order valence-corrected chi connectivity index (χ4v) is 3.75. The van der Waals surface area contributed by atoms with Crippen molar-refractivity contribution in [1.82, 2.24) is 14.9 Å². The number of hydrogen-bond donors (Lipinski definition) is 2. The lowest BCUT2D eigenvalue weighted by atomic mass is 10.2. The van der Waals surface area contributed by atoms with Gasteiger partial charge in [0, 0.05) is 12.1 Å². The largest absolute Gasteiger partial charge is 0.468 e. The lowest BCUT2D eigenvalue weighted by molar-refractivity contribution is 0.0939. The SMILES string of the molecule is CN(C)[C@@H](CNC(=O)c1ccc(S(=O)(=O)NCc2ccco2)cc1)c1ccco1. The van der Waals surface area contributed by atoms with Gasteiger partial charge in [-0.2, -0.15) is 0 Å². The molecule has 2 N–H and O–H groups in total. The predicted octanol–water partition coefficient (Wildman–Crippen LogP) is 2.38.